The monoisotopic (exact) mass is 320 g/mol. The third kappa shape index (κ3) is 2.57. The predicted molar refractivity (Wildman–Crippen MR) is 78.1 cm³/mol. The van der Waals surface area contributed by atoms with Crippen molar-refractivity contribution in [1.82, 2.24) is 19.6 Å². The number of aryl methyl sites for hydroxylation is 1. The zero-order valence-electron chi connectivity index (χ0n) is 10.8. The van der Waals surface area contributed by atoms with Crippen LogP contribution in [0, 0.1) is 6.92 Å². The summed E-state index contributed by atoms with van der Waals surface area (Å²) in [6.45, 7) is 1.85. The highest BCUT2D eigenvalue weighted by atomic mass is 35.5. The number of carbonyl (C=O) groups is 1. The highest BCUT2D eigenvalue weighted by molar-refractivity contribution is 7.99. The van der Waals surface area contributed by atoms with Crippen molar-refractivity contribution in [3.63, 3.8) is 0 Å². The van der Waals surface area contributed by atoms with Crippen LogP contribution in [-0.4, -0.2) is 30.7 Å². The van der Waals surface area contributed by atoms with Gasteiger partial charge in [-0.3, -0.25) is 4.40 Å². The van der Waals surface area contributed by atoms with E-state index in [9.17, 15) is 4.79 Å². The van der Waals surface area contributed by atoms with E-state index in [-0.39, 0.29) is 10.6 Å². The van der Waals surface area contributed by atoms with Crippen LogP contribution in [0.1, 0.15) is 16.2 Å². The number of aromatic nitrogens is 4. The average Bonchev–Trinajstić information content (AvgIpc) is 2.84. The third-order valence-corrected chi connectivity index (χ3v) is 4.15. The van der Waals surface area contributed by atoms with Gasteiger partial charge >= 0.3 is 5.97 Å². The first-order valence-corrected chi connectivity index (χ1v) is 7.13. The molecule has 2 aromatic heterocycles. The Morgan fingerprint density at radius 1 is 1.38 bits per heavy atom. The maximum absolute atomic E-state index is 11.1. The Labute approximate surface area is 128 Å². The predicted octanol–water partition coefficient (Wildman–Crippen LogP) is 2.94. The van der Waals surface area contributed by atoms with E-state index in [0.717, 1.165) is 10.7 Å². The number of fused-ring (bicyclic) bond motifs is 1. The second-order valence-electron chi connectivity index (χ2n) is 4.22. The summed E-state index contributed by atoms with van der Waals surface area (Å²) < 4.78 is 1.82. The fraction of sp³-hybridized carbons (Fsp3) is 0.0769. The second-order valence-corrected chi connectivity index (χ2v) is 5.69. The highest BCUT2D eigenvalue weighted by Crippen LogP contribution is 2.31. The van der Waals surface area contributed by atoms with Crippen LogP contribution in [-0.2, 0) is 0 Å². The van der Waals surface area contributed by atoms with Crippen molar-refractivity contribution in [1.29, 1.82) is 0 Å². The Morgan fingerprint density at radius 2 is 2.19 bits per heavy atom. The summed E-state index contributed by atoms with van der Waals surface area (Å²) >= 11 is 7.17. The molecule has 0 amide bonds. The van der Waals surface area contributed by atoms with Gasteiger partial charge in [0, 0.05) is 17.3 Å². The smallest absolute Gasteiger partial charge is 0.337 e. The minimum atomic E-state index is -1.06. The fourth-order valence-corrected chi connectivity index (χ4v) is 2.91. The van der Waals surface area contributed by atoms with Crippen LogP contribution in [0.2, 0.25) is 5.02 Å². The summed E-state index contributed by atoms with van der Waals surface area (Å²) in [5, 5.41) is 18.0. The molecule has 106 valence electrons. The molecular formula is C13H9ClN4O2S. The first-order valence-electron chi connectivity index (χ1n) is 5.93. The lowest BCUT2D eigenvalue weighted by atomic mass is 10.2. The molecule has 0 saturated heterocycles. The van der Waals surface area contributed by atoms with Gasteiger partial charge in [0.25, 0.3) is 0 Å². The van der Waals surface area contributed by atoms with Gasteiger partial charge in [0.15, 0.2) is 5.65 Å². The van der Waals surface area contributed by atoms with Gasteiger partial charge in [-0.1, -0.05) is 23.4 Å². The van der Waals surface area contributed by atoms with E-state index in [1.54, 1.807) is 24.5 Å². The lowest BCUT2D eigenvalue weighted by Gasteiger charge is -2.05. The standard InChI is InChI=1S/C13H9ClN4O2S/c1-7-16-17-11-12(15-4-5-18(7)11)21-8-2-3-10(14)9(6-8)13(19)20/h2-6H,1H3,(H,19,20). The van der Waals surface area contributed by atoms with Crippen molar-refractivity contribution in [2.45, 2.75) is 16.8 Å². The first-order chi connectivity index (χ1) is 10.1. The topological polar surface area (TPSA) is 80.4 Å². The van der Waals surface area contributed by atoms with Gasteiger partial charge in [-0.05, 0) is 25.1 Å². The Balaban J connectivity index is 2.03. The fourth-order valence-electron chi connectivity index (χ4n) is 1.83. The number of rotatable bonds is 3. The Kier molecular flexibility index (Phi) is 3.52. The molecule has 0 unspecified atom stereocenters. The number of carboxylic acids is 1. The summed E-state index contributed by atoms with van der Waals surface area (Å²) in [6, 6.07) is 4.82. The number of carboxylic acid groups (broad SMARTS) is 1. The molecule has 2 heterocycles. The Hall–Kier alpha value is -2.12. The minimum Gasteiger partial charge on any atom is -0.478 e. The van der Waals surface area contributed by atoms with E-state index in [1.165, 1.54) is 17.8 Å². The Bertz CT molecular complexity index is 849. The van der Waals surface area contributed by atoms with Gasteiger partial charge in [-0.25, -0.2) is 9.78 Å². The molecule has 0 radical (unpaired) electrons. The number of nitrogens with zero attached hydrogens (tertiary/aromatic N) is 4. The molecule has 3 rings (SSSR count). The van der Waals surface area contributed by atoms with Gasteiger partial charge in [-0.15, -0.1) is 10.2 Å². The lowest BCUT2D eigenvalue weighted by Crippen LogP contribution is -1.97. The highest BCUT2D eigenvalue weighted by Gasteiger charge is 2.13. The van der Waals surface area contributed by atoms with E-state index in [2.05, 4.69) is 15.2 Å². The van der Waals surface area contributed by atoms with Gasteiger partial charge in [0.1, 0.15) is 10.9 Å². The summed E-state index contributed by atoms with van der Waals surface area (Å²) in [5.41, 5.74) is 0.693. The molecule has 0 aliphatic heterocycles. The van der Waals surface area contributed by atoms with E-state index < -0.39 is 5.97 Å². The molecule has 3 aromatic rings. The molecule has 21 heavy (non-hydrogen) atoms. The van der Waals surface area contributed by atoms with Crippen LogP contribution in [0.5, 0.6) is 0 Å². The van der Waals surface area contributed by atoms with Crippen LogP contribution >= 0.6 is 23.4 Å². The number of hydrogen-bond acceptors (Lipinski definition) is 5. The summed E-state index contributed by atoms with van der Waals surface area (Å²) in [6.07, 6.45) is 3.43. The molecule has 0 fully saturated rings. The average molecular weight is 321 g/mol. The van der Waals surface area contributed by atoms with E-state index in [4.69, 9.17) is 16.7 Å². The van der Waals surface area contributed by atoms with Crippen LogP contribution in [0.25, 0.3) is 5.65 Å². The molecular weight excluding hydrogens is 312 g/mol. The molecule has 0 aliphatic rings. The largest absolute Gasteiger partial charge is 0.478 e. The third-order valence-electron chi connectivity index (χ3n) is 2.85. The molecule has 0 spiro atoms. The van der Waals surface area contributed by atoms with Gasteiger partial charge in [0.2, 0.25) is 0 Å². The SMILES string of the molecule is Cc1nnc2c(Sc3ccc(Cl)c(C(=O)O)c3)nccn12. The maximum Gasteiger partial charge on any atom is 0.337 e. The number of hydrogen-bond donors (Lipinski definition) is 1. The van der Waals surface area contributed by atoms with Crippen LogP contribution in [0.3, 0.4) is 0 Å². The van der Waals surface area contributed by atoms with Crippen molar-refractivity contribution in [3.8, 4) is 0 Å². The molecule has 0 bridgehead atoms. The van der Waals surface area contributed by atoms with E-state index in [0.29, 0.717) is 10.7 Å². The van der Waals surface area contributed by atoms with Crippen LogP contribution in [0.15, 0.2) is 40.5 Å². The summed E-state index contributed by atoms with van der Waals surface area (Å²) in [7, 11) is 0. The second kappa shape index (κ2) is 5.34. The molecule has 1 N–H and O–H groups in total. The molecule has 0 atom stereocenters. The summed E-state index contributed by atoms with van der Waals surface area (Å²) in [4.78, 5) is 16.1. The maximum atomic E-state index is 11.1. The van der Waals surface area contributed by atoms with Crippen molar-refractivity contribution >= 4 is 35.0 Å². The van der Waals surface area contributed by atoms with E-state index >= 15 is 0 Å². The van der Waals surface area contributed by atoms with Crippen molar-refractivity contribution in [2.75, 3.05) is 0 Å². The van der Waals surface area contributed by atoms with Gasteiger partial charge in [-0.2, -0.15) is 0 Å². The lowest BCUT2D eigenvalue weighted by molar-refractivity contribution is 0.0697. The van der Waals surface area contributed by atoms with Crippen molar-refractivity contribution in [2.24, 2.45) is 0 Å². The molecule has 0 aliphatic carbocycles. The van der Waals surface area contributed by atoms with Crippen LogP contribution < -0.4 is 0 Å². The molecule has 1 aromatic carbocycles. The zero-order chi connectivity index (χ0) is 15.0. The quantitative estimate of drug-likeness (QED) is 0.799. The van der Waals surface area contributed by atoms with E-state index in [1.807, 2.05) is 11.3 Å². The molecule has 0 saturated carbocycles. The molecule has 8 heteroatoms. The number of aromatic carboxylic acids is 1. The number of benzene rings is 1. The van der Waals surface area contributed by atoms with Gasteiger partial charge in [0.05, 0.1) is 10.6 Å². The van der Waals surface area contributed by atoms with Crippen molar-refractivity contribution in [3.05, 3.63) is 47.0 Å². The number of halogens is 1. The minimum absolute atomic E-state index is 0.0614. The molecule has 6 nitrogen and oxygen atoms in total. The summed E-state index contributed by atoms with van der Waals surface area (Å²) in [5.74, 6) is -0.302. The van der Waals surface area contributed by atoms with Gasteiger partial charge < -0.3 is 5.11 Å². The Morgan fingerprint density at radius 3 is 2.95 bits per heavy atom. The van der Waals surface area contributed by atoms with Crippen molar-refractivity contribution < 1.29 is 9.90 Å². The normalized spacial score (nSPS) is 11.0. The van der Waals surface area contributed by atoms with Crippen LogP contribution in [0.4, 0.5) is 0 Å². The zero-order valence-corrected chi connectivity index (χ0v) is 12.4. The first kappa shape index (κ1) is 13.8.